The molecule has 1 heterocycles. The Balaban J connectivity index is 1.59. The van der Waals surface area contributed by atoms with Crippen molar-refractivity contribution in [3.63, 3.8) is 0 Å². The normalized spacial score (nSPS) is 15.8. The second-order valence-electron chi connectivity index (χ2n) is 9.17. The Morgan fingerprint density at radius 2 is 1.77 bits per heavy atom. The summed E-state index contributed by atoms with van der Waals surface area (Å²) in [5.74, 6) is -0.0890. The number of carbonyl (C=O) groups excluding carboxylic acids is 1. The average molecular weight is 425 g/mol. The number of benzene rings is 2. The molecule has 0 N–H and O–H groups in total. The van der Waals surface area contributed by atoms with Gasteiger partial charge < -0.3 is 9.64 Å². The SMILES string of the molecule is COC(=O)CCCCCN(CCc1cccc2ccccc12)C1CCN(C(C)C)CC1. The molecule has 0 bridgehead atoms. The number of likely N-dealkylation sites (tertiary alicyclic amines) is 1. The highest BCUT2D eigenvalue weighted by molar-refractivity contribution is 5.85. The summed E-state index contributed by atoms with van der Waals surface area (Å²) in [5.41, 5.74) is 1.45. The lowest BCUT2D eigenvalue weighted by Crippen LogP contribution is -2.47. The van der Waals surface area contributed by atoms with E-state index in [0.29, 0.717) is 18.5 Å². The Morgan fingerprint density at radius 3 is 2.52 bits per heavy atom. The van der Waals surface area contributed by atoms with Crippen LogP contribution in [0.1, 0.15) is 57.9 Å². The standard InChI is InChI=1S/C27H40N2O2/c1-22(2)28-20-16-25(17-21-28)29(18-8-4-5-14-27(30)31-3)19-15-24-12-9-11-23-10-6-7-13-26(23)24/h6-7,9-13,22,25H,4-5,8,14-21H2,1-3H3. The van der Waals surface area contributed by atoms with Crippen LogP contribution >= 0.6 is 0 Å². The number of unbranched alkanes of at least 4 members (excludes halogenated alkanes) is 2. The number of rotatable bonds is 11. The van der Waals surface area contributed by atoms with E-state index in [1.807, 2.05) is 0 Å². The Labute approximate surface area is 188 Å². The van der Waals surface area contributed by atoms with Crippen molar-refractivity contribution >= 4 is 16.7 Å². The molecule has 0 radical (unpaired) electrons. The molecule has 2 aromatic carbocycles. The van der Waals surface area contributed by atoms with E-state index in [1.165, 1.54) is 49.4 Å². The van der Waals surface area contributed by atoms with Crippen LogP contribution in [0.5, 0.6) is 0 Å². The number of piperidine rings is 1. The smallest absolute Gasteiger partial charge is 0.305 e. The lowest BCUT2D eigenvalue weighted by molar-refractivity contribution is -0.140. The second-order valence-corrected chi connectivity index (χ2v) is 9.17. The van der Waals surface area contributed by atoms with Gasteiger partial charge in [0.15, 0.2) is 0 Å². The minimum Gasteiger partial charge on any atom is -0.469 e. The van der Waals surface area contributed by atoms with Crippen LogP contribution in [-0.4, -0.2) is 61.1 Å². The minimum absolute atomic E-state index is 0.0890. The molecule has 1 aliphatic heterocycles. The van der Waals surface area contributed by atoms with E-state index in [4.69, 9.17) is 4.74 Å². The highest BCUT2D eigenvalue weighted by atomic mass is 16.5. The third kappa shape index (κ3) is 7.05. The number of fused-ring (bicyclic) bond motifs is 1. The number of ether oxygens (including phenoxy) is 1. The molecular weight excluding hydrogens is 384 g/mol. The summed E-state index contributed by atoms with van der Waals surface area (Å²) in [4.78, 5) is 16.7. The highest BCUT2D eigenvalue weighted by Gasteiger charge is 2.25. The van der Waals surface area contributed by atoms with E-state index in [-0.39, 0.29) is 5.97 Å². The molecule has 0 aliphatic carbocycles. The number of nitrogens with zero attached hydrogens (tertiary/aromatic N) is 2. The zero-order valence-electron chi connectivity index (χ0n) is 19.7. The van der Waals surface area contributed by atoms with Gasteiger partial charge in [-0.15, -0.1) is 0 Å². The topological polar surface area (TPSA) is 32.8 Å². The van der Waals surface area contributed by atoms with Gasteiger partial charge in [-0.25, -0.2) is 0 Å². The zero-order valence-corrected chi connectivity index (χ0v) is 19.7. The molecule has 3 rings (SSSR count). The van der Waals surface area contributed by atoms with E-state index < -0.39 is 0 Å². The van der Waals surface area contributed by atoms with Crippen LogP contribution < -0.4 is 0 Å². The van der Waals surface area contributed by atoms with Crippen molar-refractivity contribution in [2.45, 2.75) is 70.9 Å². The van der Waals surface area contributed by atoms with Crippen LogP contribution in [0, 0.1) is 0 Å². The quantitative estimate of drug-likeness (QED) is 0.362. The van der Waals surface area contributed by atoms with Gasteiger partial charge in [-0.1, -0.05) is 48.9 Å². The molecule has 0 aromatic heterocycles. The van der Waals surface area contributed by atoms with Crippen LogP contribution in [0.4, 0.5) is 0 Å². The molecule has 0 atom stereocenters. The number of hydrogen-bond acceptors (Lipinski definition) is 4. The molecule has 1 saturated heterocycles. The van der Waals surface area contributed by atoms with Crippen molar-refractivity contribution in [1.29, 1.82) is 0 Å². The molecule has 0 unspecified atom stereocenters. The van der Waals surface area contributed by atoms with E-state index in [1.54, 1.807) is 0 Å². The van der Waals surface area contributed by atoms with Crippen molar-refractivity contribution in [2.24, 2.45) is 0 Å². The molecule has 2 aromatic rings. The third-order valence-corrected chi connectivity index (χ3v) is 6.85. The summed E-state index contributed by atoms with van der Waals surface area (Å²) in [7, 11) is 1.47. The maximum absolute atomic E-state index is 11.4. The van der Waals surface area contributed by atoms with Crippen molar-refractivity contribution in [3.05, 3.63) is 48.0 Å². The van der Waals surface area contributed by atoms with Gasteiger partial charge in [0, 0.05) is 25.0 Å². The number of carbonyl (C=O) groups is 1. The van der Waals surface area contributed by atoms with E-state index in [9.17, 15) is 4.79 Å². The summed E-state index contributed by atoms with van der Waals surface area (Å²) < 4.78 is 4.77. The fourth-order valence-corrected chi connectivity index (χ4v) is 4.88. The fraction of sp³-hybridized carbons (Fsp3) is 0.593. The lowest BCUT2D eigenvalue weighted by atomic mass is 9.99. The average Bonchev–Trinajstić information content (AvgIpc) is 2.80. The van der Waals surface area contributed by atoms with Gasteiger partial charge in [-0.3, -0.25) is 9.69 Å². The predicted molar refractivity (Wildman–Crippen MR) is 129 cm³/mol. The Kier molecular flexibility index (Phi) is 9.35. The van der Waals surface area contributed by atoms with Gasteiger partial charge in [-0.05, 0) is 81.9 Å². The predicted octanol–water partition coefficient (Wildman–Crippen LogP) is 5.29. The van der Waals surface area contributed by atoms with Crippen LogP contribution in [-0.2, 0) is 16.0 Å². The van der Waals surface area contributed by atoms with E-state index in [0.717, 1.165) is 38.8 Å². The first kappa shape index (κ1) is 23.7. The summed E-state index contributed by atoms with van der Waals surface area (Å²) in [6.07, 6.45) is 7.32. The van der Waals surface area contributed by atoms with Gasteiger partial charge in [-0.2, -0.15) is 0 Å². The molecule has 0 saturated carbocycles. The molecule has 1 aliphatic rings. The molecule has 31 heavy (non-hydrogen) atoms. The Hall–Kier alpha value is -1.91. The number of esters is 1. The monoisotopic (exact) mass is 424 g/mol. The number of hydrogen-bond donors (Lipinski definition) is 0. The van der Waals surface area contributed by atoms with Crippen molar-refractivity contribution in [2.75, 3.05) is 33.3 Å². The number of methoxy groups -OCH3 is 1. The van der Waals surface area contributed by atoms with Crippen LogP contribution in [0.2, 0.25) is 0 Å². The molecule has 0 spiro atoms. The van der Waals surface area contributed by atoms with Crippen molar-refractivity contribution in [1.82, 2.24) is 9.80 Å². The lowest BCUT2D eigenvalue weighted by Gasteiger charge is -2.40. The van der Waals surface area contributed by atoms with Gasteiger partial charge in [0.2, 0.25) is 0 Å². The van der Waals surface area contributed by atoms with Crippen LogP contribution in [0.15, 0.2) is 42.5 Å². The van der Waals surface area contributed by atoms with Crippen LogP contribution in [0.25, 0.3) is 10.8 Å². The summed E-state index contributed by atoms with van der Waals surface area (Å²) in [6.45, 7) is 9.25. The fourth-order valence-electron chi connectivity index (χ4n) is 4.88. The molecule has 4 heteroatoms. The first-order valence-corrected chi connectivity index (χ1v) is 12.1. The third-order valence-electron chi connectivity index (χ3n) is 6.85. The molecule has 170 valence electrons. The Bertz CT molecular complexity index is 806. The largest absolute Gasteiger partial charge is 0.469 e. The maximum Gasteiger partial charge on any atom is 0.305 e. The first-order chi connectivity index (χ1) is 15.1. The summed E-state index contributed by atoms with van der Waals surface area (Å²) in [5, 5.41) is 2.72. The van der Waals surface area contributed by atoms with Gasteiger partial charge in [0.25, 0.3) is 0 Å². The second kappa shape index (κ2) is 12.2. The first-order valence-electron chi connectivity index (χ1n) is 12.1. The summed E-state index contributed by atoms with van der Waals surface area (Å²) >= 11 is 0. The van der Waals surface area contributed by atoms with Crippen LogP contribution in [0.3, 0.4) is 0 Å². The minimum atomic E-state index is -0.0890. The van der Waals surface area contributed by atoms with Crippen molar-refractivity contribution in [3.8, 4) is 0 Å². The van der Waals surface area contributed by atoms with Gasteiger partial charge >= 0.3 is 5.97 Å². The molecule has 1 fully saturated rings. The van der Waals surface area contributed by atoms with Crippen molar-refractivity contribution < 1.29 is 9.53 Å². The molecule has 0 amide bonds. The maximum atomic E-state index is 11.4. The van der Waals surface area contributed by atoms with E-state index in [2.05, 4.69) is 66.1 Å². The Morgan fingerprint density at radius 1 is 1.03 bits per heavy atom. The highest BCUT2D eigenvalue weighted by Crippen LogP contribution is 2.22. The van der Waals surface area contributed by atoms with E-state index >= 15 is 0 Å². The zero-order chi connectivity index (χ0) is 22.1. The van der Waals surface area contributed by atoms with Gasteiger partial charge in [0.1, 0.15) is 0 Å². The summed E-state index contributed by atoms with van der Waals surface area (Å²) in [6, 6.07) is 16.7. The van der Waals surface area contributed by atoms with Gasteiger partial charge in [0.05, 0.1) is 7.11 Å². The molecule has 4 nitrogen and oxygen atoms in total. The molecular formula is C27H40N2O2.